The molecule has 1 heterocycles. The zero-order chi connectivity index (χ0) is 21.7. The molecule has 0 aliphatic rings. The second kappa shape index (κ2) is 9.31. The minimum Gasteiger partial charge on any atom is -0.493 e. The molecule has 2 aromatic carbocycles. The van der Waals surface area contributed by atoms with Gasteiger partial charge in [-0.3, -0.25) is 4.79 Å². The van der Waals surface area contributed by atoms with Gasteiger partial charge in [-0.25, -0.2) is 5.43 Å². The predicted octanol–water partition coefficient (Wildman–Crippen LogP) is 4.25. The van der Waals surface area contributed by atoms with E-state index in [9.17, 15) is 4.79 Å². The largest absolute Gasteiger partial charge is 0.493 e. The van der Waals surface area contributed by atoms with Crippen molar-refractivity contribution in [3.8, 4) is 17.2 Å². The highest BCUT2D eigenvalue weighted by molar-refractivity contribution is 5.84. The van der Waals surface area contributed by atoms with Crippen LogP contribution < -0.4 is 14.9 Å². The number of nitrogens with zero attached hydrogens (tertiary/aromatic N) is 2. The Kier molecular flexibility index (Phi) is 6.57. The van der Waals surface area contributed by atoms with Crippen LogP contribution in [0.15, 0.2) is 53.6 Å². The van der Waals surface area contributed by atoms with Crippen molar-refractivity contribution >= 4 is 12.1 Å². The number of carbonyl (C=O) groups is 1. The summed E-state index contributed by atoms with van der Waals surface area (Å²) >= 11 is 0. The molecule has 0 bridgehead atoms. The molecule has 1 aromatic heterocycles. The van der Waals surface area contributed by atoms with Crippen LogP contribution >= 0.6 is 0 Å². The van der Waals surface area contributed by atoms with E-state index in [1.165, 1.54) is 11.1 Å². The number of aryl methyl sites for hydroxylation is 3. The van der Waals surface area contributed by atoms with Crippen LogP contribution in [0.25, 0.3) is 5.69 Å². The Morgan fingerprint density at radius 2 is 1.70 bits per heavy atom. The summed E-state index contributed by atoms with van der Waals surface area (Å²) in [6, 6.07) is 15.7. The number of rotatable bonds is 7. The number of hydrogen-bond acceptors (Lipinski definition) is 4. The molecule has 6 nitrogen and oxygen atoms in total. The van der Waals surface area contributed by atoms with Crippen molar-refractivity contribution in [2.75, 3.05) is 13.7 Å². The number of hydrazone groups is 1. The lowest BCUT2D eigenvalue weighted by Crippen LogP contribution is -2.24. The smallest absolute Gasteiger partial charge is 0.277 e. The van der Waals surface area contributed by atoms with Crippen molar-refractivity contribution < 1.29 is 14.3 Å². The van der Waals surface area contributed by atoms with Gasteiger partial charge in [0.05, 0.1) is 13.3 Å². The highest BCUT2D eigenvalue weighted by Gasteiger charge is 2.11. The summed E-state index contributed by atoms with van der Waals surface area (Å²) < 4.78 is 12.9. The Morgan fingerprint density at radius 1 is 1.03 bits per heavy atom. The summed E-state index contributed by atoms with van der Waals surface area (Å²) in [7, 11) is 1.56. The van der Waals surface area contributed by atoms with Gasteiger partial charge in [-0.05, 0) is 69.2 Å². The van der Waals surface area contributed by atoms with Gasteiger partial charge in [-0.1, -0.05) is 18.2 Å². The average molecular weight is 405 g/mol. The zero-order valence-corrected chi connectivity index (χ0v) is 18.0. The van der Waals surface area contributed by atoms with E-state index in [-0.39, 0.29) is 12.5 Å². The summed E-state index contributed by atoms with van der Waals surface area (Å²) in [6.07, 6.45) is 1.66. The van der Waals surface area contributed by atoms with Crippen LogP contribution in [-0.2, 0) is 4.79 Å². The van der Waals surface area contributed by atoms with Crippen molar-refractivity contribution in [2.45, 2.75) is 27.7 Å². The van der Waals surface area contributed by atoms with Crippen LogP contribution in [0.5, 0.6) is 11.5 Å². The Labute approximate surface area is 177 Å². The number of hydrogen-bond donors (Lipinski definition) is 1. The van der Waals surface area contributed by atoms with Crippen molar-refractivity contribution in [3.63, 3.8) is 0 Å². The fourth-order valence-corrected chi connectivity index (χ4v) is 3.48. The summed E-state index contributed by atoms with van der Waals surface area (Å²) in [5.74, 6) is 0.740. The summed E-state index contributed by atoms with van der Waals surface area (Å²) in [5.41, 5.74) is 9.17. The molecule has 30 heavy (non-hydrogen) atoms. The van der Waals surface area contributed by atoms with Gasteiger partial charge < -0.3 is 14.0 Å². The maximum Gasteiger partial charge on any atom is 0.277 e. The van der Waals surface area contributed by atoms with Gasteiger partial charge in [-0.15, -0.1) is 0 Å². The van der Waals surface area contributed by atoms with E-state index < -0.39 is 0 Å². The quantitative estimate of drug-likeness (QED) is 0.472. The Morgan fingerprint density at radius 3 is 2.37 bits per heavy atom. The lowest BCUT2D eigenvalue weighted by Gasteiger charge is -2.11. The molecule has 1 amide bonds. The normalized spacial score (nSPS) is 11.0. The molecule has 0 aliphatic heterocycles. The zero-order valence-electron chi connectivity index (χ0n) is 18.0. The molecule has 0 saturated heterocycles. The van der Waals surface area contributed by atoms with Gasteiger partial charge in [0.15, 0.2) is 18.1 Å². The molecule has 3 aromatic rings. The number of carbonyl (C=O) groups excluding carboxylic acids is 1. The molecule has 0 aliphatic carbocycles. The highest BCUT2D eigenvalue weighted by atomic mass is 16.5. The molecular formula is C24H27N3O3. The van der Waals surface area contributed by atoms with Gasteiger partial charge in [0.1, 0.15) is 0 Å². The molecular weight excluding hydrogens is 378 g/mol. The van der Waals surface area contributed by atoms with Crippen molar-refractivity contribution in [3.05, 3.63) is 76.6 Å². The van der Waals surface area contributed by atoms with E-state index in [0.717, 1.165) is 22.6 Å². The number of para-hydroxylation sites is 2. The van der Waals surface area contributed by atoms with Crippen LogP contribution in [0.4, 0.5) is 0 Å². The molecule has 0 unspecified atom stereocenters. The Balaban J connectivity index is 1.66. The van der Waals surface area contributed by atoms with Crippen LogP contribution in [0.1, 0.15) is 28.1 Å². The van der Waals surface area contributed by atoms with E-state index in [1.807, 2.05) is 25.1 Å². The number of aromatic nitrogens is 1. The Bertz CT molecular complexity index is 1060. The maximum atomic E-state index is 12.1. The topological polar surface area (TPSA) is 64.8 Å². The van der Waals surface area contributed by atoms with Gasteiger partial charge in [0.2, 0.25) is 0 Å². The molecule has 0 fully saturated rings. The first-order valence-corrected chi connectivity index (χ1v) is 9.74. The maximum absolute atomic E-state index is 12.1. The van der Waals surface area contributed by atoms with Crippen molar-refractivity contribution in [1.82, 2.24) is 9.99 Å². The standard InChI is InChI=1S/C24H27N3O3/c1-16-10-17(2)12-21(11-16)27-18(3)13-20(19(27)4)14-25-26-24(28)15-30-23-9-7-6-8-22(23)29-5/h6-14H,15H2,1-5H3,(H,26,28)/b25-14-. The van der Waals surface area contributed by atoms with Crippen LogP contribution in [-0.4, -0.2) is 30.4 Å². The third kappa shape index (κ3) is 4.89. The summed E-state index contributed by atoms with van der Waals surface area (Å²) in [4.78, 5) is 12.1. The summed E-state index contributed by atoms with van der Waals surface area (Å²) in [5, 5.41) is 4.09. The number of ether oxygens (including phenoxy) is 2. The van der Waals surface area contributed by atoms with Crippen LogP contribution in [0.2, 0.25) is 0 Å². The molecule has 1 N–H and O–H groups in total. The third-order valence-corrected chi connectivity index (χ3v) is 4.76. The molecule has 0 atom stereocenters. The van der Waals surface area contributed by atoms with Crippen LogP contribution in [0.3, 0.4) is 0 Å². The number of nitrogens with one attached hydrogen (secondary N) is 1. The van der Waals surface area contributed by atoms with E-state index in [1.54, 1.807) is 25.5 Å². The van der Waals surface area contributed by atoms with Crippen molar-refractivity contribution in [1.29, 1.82) is 0 Å². The number of methoxy groups -OCH3 is 1. The molecule has 0 radical (unpaired) electrons. The van der Waals surface area contributed by atoms with Gasteiger partial charge in [0, 0.05) is 22.6 Å². The first-order chi connectivity index (χ1) is 14.4. The van der Waals surface area contributed by atoms with E-state index in [4.69, 9.17) is 9.47 Å². The summed E-state index contributed by atoms with van der Waals surface area (Å²) in [6.45, 7) is 8.13. The number of amides is 1. The van der Waals surface area contributed by atoms with E-state index >= 15 is 0 Å². The molecule has 0 saturated carbocycles. The second-order valence-electron chi connectivity index (χ2n) is 7.24. The minimum atomic E-state index is -0.347. The van der Waals surface area contributed by atoms with Gasteiger partial charge in [0.25, 0.3) is 5.91 Å². The SMILES string of the molecule is COc1ccccc1OCC(=O)N/N=C\c1cc(C)n(-c2cc(C)cc(C)c2)c1C. The van der Waals surface area contributed by atoms with Gasteiger partial charge in [-0.2, -0.15) is 5.10 Å². The van der Waals surface area contributed by atoms with Crippen LogP contribution in [0, 0.1) is 27.7 Å². The molecule has 3 rings (SSSR count). The second-order valence-corrected chi connectivity index (χ2v) is 7.24. The van der Waals surface area contributed by atoms with E-state index in [2.05, 4.69) is 54.1 Å². The fraction of sp³-hybridized carbons (Fsp3) is 0.250. The lowest BCUT2D eigenvalue weighted by atomic mass is 10.1. The molecule has 6 heteroatoms. The molecule has 156 valence electrons. The average Bonchev–Trinajstić information content (AvgIpc) is 2.99. The Hall–Kier alpha value is -3.54. The third-order valence-electron chi connectivity index (χ3n) is 4.76. The first-order valence-electron chi connectivity index (χ1n) is 9.74. The predicted molar refractivity (Wildman–Crippen MR) is 119 cm³/mol. The fourth-order valence-electron chi connectivity index (χ4n) is 3.48. The van der Waals surface area contributed by atoms with Gasteiger partial charge >= 0.3 is 0 Å². The lowest BCUT2D eigenvalue weighted by molar-refractivity contribution is -0.123. The minimum absolute atomic E-state index is 0.153. The first kappa shape index (κ1) is 21.2. The monoisotopic (exact) mass is 405 g/mol. The molecule has 0 spiro atoms. The highest BCUT2D eigenvalue weighted by Crippen LogP contribution is 2.25. The van der Waals surface area contributed by atoms with E-state index in [0.29, 0.717) is 11.5 Å². The number of benzene rings is 2. The van der Waals surface area contributed by atoms with Crippen molar-refractivity contribution in [2.24, 2.45) is 5.10 Å².